The minimum Gasteiger partial charge on any atom is -0.444 e. The molecule has 0 saturated carbocycles. The van der Waals surface area contributed by atoms with Crippen LogP contribution in [-0.4, -0.2) is 58.5 Å². The number of hydrogen-bond donors (Lipinski definition) is 2. The van der Waals surface area contributed by atoms with E-state index in [1.807, 2.05) is 39.0 Å². The average molecular weight is 453 g/mol. The number of nitrogens with zero attached hydrogens (tertiary/aromatic N) is 2. The summed E-state index contributed by atoms with van der Waals surface area (Å²) in [6.07, 6.45) is 2.09. The first-order valence-corrected chi connectivity index (χ1v) is 11.4. The molecule has 0 bridgehead atoms. The number of amides is 3. The van der Waals surface area contributed by atoms with E-state index in [4.69, 9.17) is 4.74 Å². The first-order valence-electron chi connectivity index (χ1n) is 11.4. The maximum Gasteiger partial charge on any atom is 0.410 e. The van der Waals surface area contributed by atoms with Gasteiger partial charge in [0.2, 0.25) is 5.91 Å². The lowest BCUT2D eigenvalue weighted by Crippen LogP contribution is -2.45. The smallest absolute Gasteiger partial charge is 0.410 e. The number of ether oxygens (including phenoxy) is 1. The van der Waals surface area contributed by atoms with Crippen molar-refractivity contribution in [3.63, 3.8) is 0 Å². The third-order valence-electron chi connectivity index (χ3n) is 6.26. The first kappa shape index (κ1) is 22.9. The lowest BCUT2D eigenvalue weighted by molar-refractivity contribution is -0.121. The van der Waals surface area contributed by atoms with E-state index < -0.39 is 5.60 Å². The first-order chi connectivity index (χ1) is 15.5. The standard InChI is InChI=1S/C25H32N4O4/c1-15-20(9-10-21(30)26-15)29-16(2)18-7-6-8-19(22(18)23(29)31)27-17-11-13-28(14-12-17)24(32)33-25(3,4)5/h6-8,17,20,27H,1-2,9-14H2,3-5H3,(H,26,30). The Labute approximate surface area is 194 Å². The molecular formula is C25H32N4O4. The molecule has 1 aromatic carbocycles. The van der Waals surface area contributed by atoms with Gasteiger partial charge in [-0.15, -0.1) is 0 Å². The molecule has 0 spiro atoms. The van der Waals surface area contributed by atoms with Crippen molar-refractivity contribution in [1.82, 2.24) is 15.1 Å². The van der Waals surface area contributed by atoms with Crippen LogP contribution in [0, 0.1) is 0 Å². The van der Waals surface area contributed by atoms with Gasteiger partial charge in [0.1, 0.15) is 5.60 Å². The van der Waals surface area contributed by atoms with E-state index in [-0.39, 0.29) is 30.0 Å². The zero-order chi connectivity index (χ0) is 23.9. The molecule has 33 heavy (non-hydrogen) atoms. The number of benzene rings is 1. The minimum atomic E-state index is -0.516. The highest BCUT2D eigenvalue weighted by Gasteiger charge is 2.40. The summed E-state index contributed by atoms with van der Waals surface area (Å²) < 4.78 is 5.48. The van der Waals surface area contributed by atoms with E-state index in [2.05, 4.69) is 23.8 Å². The maximum atomic E-state index is 13.5. The van der Waals surface area contributed by atoms with Crippen molar-refractivity contribution < 1.29 is 19.1 Å². The van der Waals surface area contributed by atoms with Crippen LogP contribution in [0.4, 0.5) is 10.5 Å². The van der Waals surface area contributed by atoms with Crippen LogP contribution in [0.1, 0.15) is 62.4 Å². The second kappa shape index (κ2) is 8.57. The molecular weight excluding hydrogens is 420 g/mol. The Kier molecular flexibility index (Phi) is 5.95. The van der Waals surface area contributed by atoms with E-state index in [9.17, 15) is 14.4 Å². The van der Waals surface area contributed by atoms with Gasteiger partial charge < -0.3 is 20.3 Å². The molecule has 1 aromatic rings. The number of anilines is 1. The summed E-state index contributed by atoms with van der Waals surface area (Å²) in [5, 5.41) is 6.28. The molecule has 3 aliphatic heterocycles. The fourth-order valence-electron chi connectivity index (χ4n) is 4.65. The molecule has 0 radical (unpaired) electrons. The zero-order valence-electron chi connectivity index (χ0n) is 19.6. The largest absolute Gasteiger partial charge is 0.444 e. The summed E-state index contributed by atoms with van der Waals surface area (Å²) in [5.74, 6) is -0.210. The molecule has 3 heterocycles. The molecule has 2 saturated heterocycles. The number of likely N-dealkylation sites (tertiary alicyclic amines) is 1. The number of rotatable bonds is 3. The van der Waals surface area contributed by atoms with E-state index in [0.29, 0.717) is 42.9 Å². The fraction of sp³-hybridized carbons (Fsp3) is 0.480. The molecule has 1 unspecified atom stereocenters. The van der Waals surface area contributed by atoms with Crippen LogP contribution in [0.25, 0.3) is 5.70 Å². The number of carbonyl (C=O) groups is 3. The van der Waals surface area contributed by atoms with Gasteiger partial charge >= 0.3 is 6.09 Å². The Bertz CT molecular complexity index is 1020. The van der Waals surface area contributed by atoms with Crippen molar-refractivity contribution in [3.05, 3.63) is 48.2 Å². The fourth-order valence-corrected chi connectivity index (χ4v) is 4.65. The van der Waals surface area contributed by atoms with Gasteiger partial charge in [0.15, 0.2) is 0 Å². The summed E-state index contributed by atoms with van der Waals surface area (Å²) in [6, 6.07) is 5.55. The Morgan fingerprint density at radius 1 is 1.15 bits per heavy atom. The summed E-state index contributed by atoms with van der Waals surface area (Å²) in [5.41, 5.74) is 2.79. The van der Waals surface area contributed by atoms with Gasteiger partial charge in [-0.3, -0.25) is 14.5 Å². The second-order valence-corrected chi connectivity index (χ2v) is 9.86. The van der Waals surface area contributed by atoms with E-state index in [1.165, 1.54) is 0 Å². The summed E-state index contributed by atoms with van der Waals surface area (Å²) >= 11 is 0. The quantitative estimate of drug-likeness (QED) is 0.730. The van der Waals surface area contributed by atoms with Crippen LogP contribution < -0.4 is 10.6 Å². The van der Waals surface area contributed by atoms with Crippen LogP contribution in [0.15, 0.2) is 37.1 Å². The highest BCUT2D eigenvalue weighted by atomic mass is 16.6. The van der Waals surface area contributed by atoms with Crippen LogP contribution in [0.5, 0.6) is 0 Å². The monoisotopic (exact) mass is 452 g/mol. The number of fused-ring (bicyclic) bond motifs is 1. The highest BCUT2D eigenvalue weighted by Crippen LogP contribution is 2.40. The molecule has 8 nitrogen and oxygen atoms in total. The third-order valence-corrected chi connectivity index (χ3v) is 6.26. The number of nitrogens with one attached hydrogen (secondary N) is 2. The average Bonchev–Trinajstić information content (AvgIpc) is 2.99. The lowest BCUT2D eigenvalue weighted by Gasteiger charge is -2.34. The summed E-state index contributed by atoms with van der Waals surface area (Å²) in [7, 11) is 0. The van der Waals surface area contributed by atoms with Crippen LogP contribution >= 0.6 is 0 Å². The highest BCUT2D eigenvalue weighted by molar-refractivity contribution is 6.13. The molecule has 2 N–H and O–H groups in total. The van der Waals surface area contributed by atoms with Crippen LogP contribution in [0.3, 0.4) is 0 Å². The van der Waals surface area contributed by atoms with Crippen LogP contribution in [0.2, 0.25) is 0 Å². The van der Waals surface area contributed by atoms with E-state index in [1.54, 1.807) is 9.80 Å². The molecule has 3 aliphatic rings. The van der Waals surface area contributed by atoms with Gasteiger partial charge in [0.05, 0.1) is 11.6 Å². The minimum absolute atomic E-state index is 0.0777. The molecule has 1 atom stereocenters. The van der Waals surface area contributed by atoms with Gasteiger partial charge in [0, 0.05) is 48.2 Å². The van der Waals surface area contributed by atoms with Gasteiger partial charge in [-0.2, -0.15) is 0 Å². The predicted octanol–water partition coefficient (Wildman–Crippen LogP) is 3.72. The number of hydrogen-bond acceptors (Lipinski definition) is 5. The second-order valence-electron chi connectivity index (χ2n) is 9.86. The maximum absolute atomic E-state index is 13.5. The molecule has 8 heteroatoms. The number of carbonyl (C=O) groups excluding carboxylic acids is 3. The van der Waals surface area contributed by atoms with Gasteiger partial charge in [-0.1, -0.05) is 25.3 Å². The Balaban J connectivity index is 1.45. The summed E-state index contributed by atoms with van der Waals surface area (Å²) in [6.45, 7) is 14.9. The van der Waals surface area contributed by atoms with Crippen molar-refractivity contribution in [1.29, 1.82) is 0 Å². The third kappa shape index (κ3) is 4.60. The summed E-state index contributed by atoms with van der Waals surface area (Å²) in [4.78, 5) is 40.9. The number of piperidine rings is 2. The lowest BCUT2D eigenvalue weighted by atomic mass is 10.0. The van der Waals surface area contributed by atoms with Crippen molar-refractivity contribution >= 4 is 29.3 Å². The predicted molar refractivity (Wildman–Crippen MR) is 126 cm³/mol. The Hall–Kier alpha value is -3.29. The molecule has 4 rings (SSSR count). The topological polar surface area (TPSA) is 91.0 Å². The molecule has 176 valence electrons. The van der Waals surface area contributed by atoms with Gasteiger partial charge in [0.25, 0.3) is 5.91 Å². The molecule has 0 aliphatic carbocycles. The van der Waals surface area contributed by atoms with E-state index >= 15 is 0 Å². The molecule has 2 fully saturated rings. The molecule has 3 amide bonds. The van der Waals surface area contributed by atoms with Crippen molar-refractivity contribution in [2.45, 2.75) is 64.1 Å². The Morgan fingerprint density at radius 3 is 2.48 bits per heavy atom. The van der Waals surface area contributed by atoms with Crippen LogP contribution in [-0.2, 0) is 9.53 Å². The van der Waals surface area contributed by atoms with E-state index in [0.717, 1.165) is 24.1 Å². The van der Waals surface area contributed by atoms with Gasteiger partial charge in [-0.25, -0.2) is 4.79 Å². The normalized spacial score (nSPS) is 21.7. The SMILES string of the molecule is C=C1NC(=O)CCC1N1C(=C)c2cccc(NC3CCN(C(=O)OC(C)(C)C)CC3)c2C1=O. The van der Waals surface area contributed by atoms with Crippen molar-refractivity contribution in [3.8, 4) is 0 Å². The molecule has 0 aromatic heterocycles. The van der Waals surface area contributed by atoms with Crippen molar-refractivity contribution in [2.75, 3.05) is 18.4 Å². The zero-order valence-corrected chi connectivity index (χ0v) is 19.6. The van der Waals surface area contributed by atoms with Crippen molar-refractivity contribution in [2.24, 2.45) is 0 Å². The Morgan fingerprint density at radius 2 is 1.85 bits per heavy atom. The van der Waals surface area contributed by atoms with Gasteiger partial charge in [-0.05, 0) is 46.1 Å².